The molecule has 0 aliphatic heterocycles. The van der Waals surface area contributed by atoms with Crippen molar-refractivity contribution in [2.75, 3.05) is 26.1 Å². The van der Waals surface area contributed by atoms with E-state index in [1.165, 1.54) is 0 Å². The van der Waals surface area contributed by atoms with E-state index < -0.39 is 0 Å². The molecule has 0 radical (unpaired) electrons. The molecule has 0 bridgehead atoms. The molecular weight excluding hydrogens is 272 g/mol. The van der Waals surface area contributed by atoms with Crippen LogP contribution < -0.4 is 5.48 Å². The van der Waals surface area contributed by atoms with Crippen LogP contribution >= 0.6 is 23.1 Å². The fourth-order valence-corrected chi connectivity index (χ4v) is 2.67. The topological polar surface area (TPSA) is 60.5 Å². The Morgan fingerprint density at radius 2 is 2.39 bits per heavy atom. The fourth-order valence-electron chi connectivity index (χ4n) is 1.12. The average molecular weight is 290 g/mol. The van der Waals surface area contributed by atoms with Crippen molar-refractivity contribution >= 4 is 29.0 Å². The van der Waals surface area contributed by atoms with Gasteiger partial charge in [0.25, 0.3) is 0 Å². The van der Waals surface area contributed by atoms with E-state index in [4.69, 9.17) is 9.57 Å². The Morgan fingerprint density at radius 3 is 3.06 bits per heavy atom. The molecule has 0 atom stereocenters. The predicted molar refractivity (Wildman–Crippen MR) is 73.6 cm³/mol. The highest BCUT2D eigenvalue weighted by molar-refractivity contribution is 7.98. The van der Waals surface area contributed by atoms with Gasteiger partial charge < -0.3 is 4.74 Å². The third-order valence-corrected chi connectivity index (χ3v) is 3.78. The summed E-state index contributed by atoms with van der Waals surface area (Å²) >= 11 is 3.34. The number of nitrogens with one attached hydrogen (secondary N) is 1. The molecule has 7 heteroatoms. The first-order valence-electron chi connectivity index (χ1n) is 5.60. The largest absolute Gasteiger partial charge is 0.382 e. The molecule has 18 heavy (non-hydrogen) atoms. The van der Waals surface area contributed by atoms with Crippen molar-refractivity contribution in [2.45, 2.75) is 19.1 Å². The zero-order valence-electron chi connectivity index (χ0n) is 10.6. The van der Waals surface area contributed by atoms with Gasteiger partial charge in [-0.15, -0.1) is 11.3 Å². The highest BCUT2D eigenvalue weighted by Crippen LogP contribution is 2.15. The molecule has 0 aliphatic rings. The molecule has 1 N–H and O–H groups in total. The van der Waals surface area contributed by atoms with E-state index in [-0.39, 0.29) is 5.91 Å². The van der Waals surface area contributed by atoms with E-state index in [1.54, 1.807) is 30.2 Å². The summed E-state index contributed by atoms with van der Waals surface area (Å²) in [5.74, 6) is 1.51. The summed E-state index contributed by atoms with van der Waals surface area (Å²) in [4.78, 5) is 20.6. The minimum atomic E-state index is -0.104. The molecule has 0 aliphatic carbocycles. The number of thioether (sulfide) groups is 1. The van der Waals surface area contributed by atoms with Gasteiger partial charge in [0.15, 0.2) is 0 Å². The Morgan fingerprint density at radius 1 is 1.56 bits per heavy atom. The number of nitrogens with zero attached hydrogens (tertiary/aromatic N) is 1. The molecule has 0 fully saturated rings. The third kappa shape index (κ3) is 6.95. The van der Waals surface area contributed by atoms with Crippen molar-refractivity contribution in [3.63, 3.8) is 0 Å². The molecule has 0 saturated carbocycles. The van der Waals surface area contributed by atoms with Crippen molar-refractivity contribution in [2.24, 2.45) is 0 Å². The molecular formula is C11H18N2O3S2. The lowest BCUT2D eigenvalue weighted by Gasteiger charge is -2.04. The number of ether oxygens (including phenoxy) is 1. The molecule has 1 amide bonds. The maximum absolute atomic E-state index is 11.3. The molecule has 0 aromatic carbocycles. The van der Waals surface area contributed by atoms with Crippen LogP contribution in [0, 0.1) is 6.92 Å². The second-order valence-corrected chi connectivity index (χ2v) is 5.69. The minimum absolute atomic E-state index is 0.104. The quantitative estimate of drug-likeness (QED) is 0.555. The summed E-state index contributed by atoms with van der Waals surface area (Å²) < 4.78 is 4.79. The fraction of sp³-hybridized carbons (Fsp3) is 0.636. The number of amides is 1. The Labute approximate surface area is 115 Å². The molecule has 102 valence electrons. The number of aromatic nitrogens is 1. The molecule has 1 aromatic rings. The number of aryl methyl sites for hydroxylation is 1. The zero-order chi connectivity index (χ0) is 13.2. The monoisotopic (exact) mass is 290 g/mol. The lowest BCUT2D eigenvalue weighted by atomic mass is 10.5. The van der Waals surface area contributed by atoms with Gasteiger partial charge in [0.1, 0.15) is 0 Å². The zero-order valence-corrected chi connectivity index (χ0v) is 12.2. The normalized spacial score (nSPS) is 10.6. The van der Waals surface area contributed by atoms with Gasteiger partial charge in [-0.05, 0) is 6.92 Å². The summed E-state index contributed by atoms with van der Waals surface area (Å²) in [6.45, 7) is 2.83. The van der Waals surface area contributed by atoms with Crippen LogP contribution in [0.4, 0.5) is 0 Å². The van der Waals surface area contributed by atoms with Gasteiger partial charge in [-0.25, -0.2) is 10.5 Å². The van der Waals surface area contributed by atoms with Gasteiger partial charge in [-0.3, -0.25) is 9.63 Å². The number of rotatable bonds is 9. The van der Waals surface area contributed by atoms with E-state index in [0.717, 1.165) is 22.2 Å². The van der Waals surface area contributed by atoms with Gasteiger partial charge in [0.2, 0.25) is 5.91 Å². The van der Waals surface area contributed by atoms with Crippen molar-refractivity contribution in [3.05, 3.63) is 16.1 Å². The molecule has 0 spiro atoms. The van der Waals surface area contributed by atoms with Crippen LogP contribution in [0.25, 0.3) is 0 Å². The Bertz CT molecular complexity index is 358. The first-order chi connectivity index (χ1) is 8.72. The Kier molecular flexibility index (Phi) is 7.99. The lowest BCUT2D eigenvalue weighted by Crippen LogP contribution is -2.25. The lowest BCUT2D eigenvalue weighted by molar-refractivity contribution is -0.134. The van der Waals surface area contributed by atoms with E-state index in [0.29, 0.717) is 19.6 Å². The third-order valence-electron chi connectivity index (χ3n) is 1.97. The van der Waals surface area contributed by atoms with Crippen LogP contribution in [0.3, 0.4) is 0 Å². The number of carbonyl (C=O) groups excluding carboxylic acids is 1. The van der Waals surface area contributed by atoms with E-state index in [2.05, 4.69) is 15.8 Å². The number of hydrogen-bond acceptors (Lipinski definition) is 6. The van der Waals surface area contributed by atoms with Crippen LogP contribution in [-0.2, 0) is 20.1 Å². The van der Waals surface area contributed by atoms with Crippen LogP contribution in [0.5, 0.6) is 0 Å². The van der Waals surface area contributed by atoms with Crippen molar-refractivity contribution in [1.82, 2.24) is 10.5 Å². The average Bonchev–Trinajstić information content (AvgIpc) is 2.76. The molecule has 1 rings (SSSR count). The van der Waals surface area contributed by atoms with Crippen LogP contribution in [0.15, 0.2) is 5.38 Å². The van der Waals surface area contributed by atoms with E-state index in [1.807, 2.05) is 6.92 Å². The van der Waals surface area contributed by atoms with Gasteiger partial charge in [-0.2, -0.15) is 11.8 Å². The molecule has 1 heterocycles. The van der Waals surface area contributed by atoms with E-state index in [9.17, 15) is 4.79 Å². The first kappa shape index (κ1) is 15.4. The van der Waals surface area contributed by atoms with Gasteiger partial charge in [-0.1, -0.05) is 0 Å². The van der Waals surface area contributed by atoms with Crippen molar-refractivity contribution in [3.8, 4) is 0 Å². The summed E-state index contributed by atoms with van der Waals surface area (Å²) in [6, 6.07) is 0. The predicted octanol–water partition coefficient (Wildman–Crippen LogP) is 1.77. The highest BCUT2D eigenvalue weighted by Gasteiger charge is 2.02. The summed E-state index contributed by atoms with van der Waals surface area (Å²) in [6.07, 6.45) is 0.445. The van der Waals surface area contributed by atoms with Crippen LogP contribution in [-0.4, -0.2) is 37.0 Å². The Balaban J connectivity index is 1.98. The van der Waals surface area contributed by atoms with E-state index >= 15 is 0 Å². The smallest absolute Gasteiger partial charge is 0.244 e. The number of thiazole rings is 1. The first-order valence-corrected chi connectivity index (χ1v) is 7.64. The molecule has 5 nitrogen and oxygen atoms in total. The number of methoxy groups -OCH3 is 1. The summed E-state index contributed by atoms with van der Waals surface area (Å²) in [5.41, 5.74) is 3.46. The van der Waals surface area contributed by atoms with Crippen LogP contribution in [0.2, 0.25) is 0 Å². The molecule has 1 aromatic heterocycles. The maximum Gasteiger partial charge on any atom is 0.244 e. The number of hydrogen-bond donors (Lipinski definition) is 1. The molecule has 0 saturated heterocycles. The van der Waals surface area contributed by atoms with Gasteiger partial charge in [0.05, 0.1) is 23.9 Å². The highest BCUT2D eigenvalue weighted by atomic mass is 32.2. The number of hydroxylamine groups is 1. The second-order valence-electron chi connectivity index (χ2n) is 3.53. The SMILES string of the molecule is COCCONC(=O)CCSCc1csc(C)n1. The van der Waals surface area contributed by atoms with Gasteiger partial charge >= 0.3 is 0 Å². The van der Waals surface area contributed by atoms with Crippen molar-refractivity contribution in [1.29, 1.82) is 0 Å². The van der Waals surface area contributed by atoms with Crippen LogP contribution in [0.1, 0.15) is 17.1 Å². The number of carbonyl (C=O) groups is 1. The summed E-state index contributed by atoms with van der Waals surface area (Å²) in [7, 11) is 1.59. The summed E-state index contributed by atoms with van der Waals surface area (Å²) in [5, 5.41) is 3.13. The van der Waals surface area contributed by atoms with Crippen molar-refractivity contribution < 1.29 is 14.4 Å². The Hall–Kier alpha value is -0.630. The standard InChI is InChI=1S/C11H18N2O3S2/c1-9-12-10(8-18-9)7-17-6-3-11(14)13-16-5-4-15-2/h8H,3-7H2,1-2H3,(H,13,14). The maximum atomic E-state index is 11.3. The van der Waals surface area contributed by atoms with Gasteiger partial charge in [0, 0.05) is 30.4 Å². The second kappa shape index (κ2) is 9.32. The molecule has 0 unspecified atom stereocenters. The minimum Gasteiger partial charge on any atom is -0.382 e.